The molecular weight excluding hydrogens is 566 g/mol. The minimum atomic E-state index is -2.07. The zero-order valence-electron chi connectivity index (χ0n) is 21.4. The van der Waals surface area contributed by atoms with Crippen LogP contribution >= 0.6 is 11.6 Å². The fourth-order valence-electron chi connectivity index (χ4n) is 5.64. The summed E-state index contributed by atoms with van der Waals surface area (Å²) in [6, 6.07) is 11.9. The van der Waals surface area contributed by atoms with Gasteiger partial charge in [0.2, 0.25) is 0 Å². The van der Waals surface area contributed by atoms with Gasteiger partial charge in [0.1, 0.15) is 17.0 Å². The molecule has 0 N–H and O–H groups in total. The summed E-state index contributed by atoms with van der Waals surface area (Å²) in [5.74, 6) is -6.27. The molecule has 3 heterocycles. The minimum Gasteiger partial charge on any atom is -0.365 e. The summed E-state index contributed by atoms with van der Waals surface area (Å²) in [7, 11) is -2.07. The first-order valence-electron chi connectivity index (χ1n) is 12.7. The van der Waals surface area contributed by atoms with Crippen LogP contribution < -0.4 is 14.7 Å². The van der Waals surface area contributed by atoms with Crippen molar-refractivity contribution < 1.29 is 21.8 Å². The molecule has 1 atom stereocenters. The van der Waals surface area contributed by atoms with Gasteiger partial charge in [-0.1, -0.05) is 35.9 Å². The molecule has 0 saturated carbocycles. The molecular formula is C28H24ClF4N5OS. The van der Waals surface area contributed by atoms with Crippen LogP contribution in [0.1, 0.15) is 11.3 Å². The van der Waals surface area contributed by atoms with Crippen LogP contribution in [0.3, 0.4) is 0 Å². The van der Waals surface area contributed by atoms with Crippen molar-refractivity contribution in [2.75, 3.05) is 53.7 Å². The molecule has 6 rings (SSSR count). The van der Waals surface area contributed by atoms with Crippen LogP contribution in [0.25, 0.3) is 10.8 Å². The highest BCUT2D eigenvalue weighted by Gasteiger charge is 2.33. The predicted molar refractivity (Wildman–Crippen MR) is 149 cm³/mol. The summed E-state index contributed by atoms with van der Waals surface area (Å²) in [6.07, 6.45) is 3.31. The third-order valence-electron chi connectivity index (χ3n) is 7.54. The Morgan fingerprint density at radius 1 is 0.825 bits per heavy atom. The van der Waals surface area contributed by atoms with Gasteiger partial charge in [-0.05, 0) is 23.9 Å². The lowest BCUT2D eigenvalue weighted by molar-refractivity contribution is 0.396. The Labute approximate surface area is 235 Å². The number of hydrogen-bond acceptors (Lipinski definition) is 6. The van der Waals surface area contributed by atoms with E-state index >= 15 is 0 Å². The molecule has 12 heteroatoms. The van der Waals surface area contributed by atoms with Gasteiger partial charge in [-0.15, -0.1) is 0 Å². The zero-order valence-corrected chi connectivity index (χ0v) is 23.0. The SMILES string of the molecule is CS(=O)c1c(F)c(F)c(F)c(F)c1N1CCN(c2ncnc3c2CCN(c2cccc4cccc(Cl)c24)C3)CC1. The molecule has 1 saturated heterocycles. The van der Waals surface area contributed by atoms with Gasteiger partial charge in [0.05, 0.1) is 33.7 Å². The fourth-order valence-corrected chi connectivity index (χ4v) is 6.75. The van der Waals surface area contributed by atoms with Gasteiger partial charge in [-0.25, -0.2) is 27.5 Å². The summed E-state index contributed by atoms with van der Waals surface area (Å²) in [4.78, 5) is 14.1. The summed E-state index contributed by atoms with van der Waals surface area (Å²) in [6.45, 7) is 2.36. The van der Waals surface area contributed by atoms with E-state index in [0.717, 1.165) is 46.3 Å². The van der Waals surface area contributed by atoms with Crippen LogP contribution in [0.15, 0.2) is 47.6 Å². The molecule has 0 radical (unpaired) electrons. The third kappa shape index (κ3) is 4.45. The van der Waals surface area contributed by atoms with E-state index in [-0.39, 0.29) is 13.1 Å². The second-order valence-electron chi connectivity index (χ2n) is 9.77. The maximum absolute atomic E-state index is 14.8. The van der Waals surface area contributed by atoms with Crippen molar-refractivity contribution in [2.45, 2.75) is 17.9 Å². The van der Waals surface area contributed by atoms with Crippen molar-refractivity contribution in [3.8, 4) is 0 Å². The highest BCUT2D eigenvalue weighted by Crippen LogP contribution is 2.37. The fraction of sp³-hybridized carbons (Fsp3) is 0.286. The molecule has 3 aromatic carbocycles. The number of aromatic nitrogens is 2. The van der Waals surface area contributed by atoms with E-state index in [2.05, 4.69) is 20.9 Å². The van der Waals surface area contributed by atoms with E-state index in [0.29, 0.717) is 31.1 Å². The molecule has 2 aliphatic rings. The van der Waals surface area contributed by atoms with E-state index in [4.69, 9.17) is 11.6 Å². The number of anilines is 3. The maximum Gasteiger partial charge on any atom is 0.199 e. The van der Waals surface area contributed by atoms with Crippen molar-refractivity contribution >= 4 is 50.4 Å². The molecule has 1 aromatic heterocycles. The molecule has 208 valence electrons. The quantitative estimate of drug-likeness (QED) is 0.179. The van der Waals surface area contributed by atoms with Crippen molar-refractivity contribution in [2.24, 2.45) is 0 Å². The first kappa shape index (κ1) is 26.8. The zero-order chi connectivity index (χ0) is 28.1. The number of benzene rings is 3. The largest absolute Gasteiger partial charge is 0.365 e. The number of nitrogens with zero attached hydrogens (tertiary/aromatic N) is 5. The lowest BCUT2D eigenvalue weighted by Gasteiger charge is -2.39. The lowest BCUT2D eigenvalue weighted by Crippen LogP contribution is -2.48. The van der Waals surface area contributed by atoms with Gasteiger partial charge >= 0.3 is 0 Å². The smallest absolute Gasteiger partial charge is 0.199 e. The summed E-state index contributed by atoms with van der Waals surface area (Å²) in [5.41, 5.74) is 2.44. The van der Waals surface area contributed by atoms with Crippen molar-refractivity contribution in [3.63, 3.8) is 0 Å². The van der Waals surface area contributed by atoms with Crippen LogP contribution in [0.5, 0.6) is 0 Å². The van der Waals surface area contributed by atoms with E-state index in [1.54, 1.807) is 0 Å². The van der Waals surface area contributed by atoms with Crippen molar-refractivity contribution in [3.05, 3.63) is 82.3 Å². The first-order valence-corrected chi connectivity index (χ1v) is 14.6. The Balaban J connectivity index is 1.25. The molecule has 0 aliphatic carbocycles. The Bertz CT molecular complexity index is 1660. The summed E-state index contributed by atoms with van der Waals surface area (Å²) < 4.78 is 69.4. The highest BCUT2D eigenvalue weighted by atomic mass is 35.5. The van der Waals surface area contributed by atoms with E-state index in [1.165, 1.54) is 11.2 Å². The Hall–Kier alpha value is -3.44. The first-order chi connectivity index (χ1) is 19.3. The van der Waals surface area contributed by atoms with Crippen LogP contribution in [0.2, 0.25) is 5.02 Å². The topological polar surface area (TPSA) is 52.6 Å². The normalized spacial score (nSPS) is 16.4. The number of hydrogen-bond donors (Lipinski definition) is 0. The van der Waals surface area contributed by atoms with Crippen LogP contribution in [0.4, 0.5) is 34.8 Å². The van der Waals surface area contributed by atoms with E-state index in [1.807, 2.05) is 35.2 Å². The number of rotatable bonds is 4. The van der Waals surface area contributed by atoms with Crippen molar-refractivity contribution in [1.29, 1.82) is 0 Å². The van der Waals surface area contributed by atoms with Gasteiger partial charge in [0, 0.05) is 55.6 Å². The molecule has 6 nitrogen and oxygen atoms in total. The average Bonchev–Trinajstić information content (AvgIpc) is 2.97. The van der Waals surface area contributed by atoms with Crippen LogP contribution in [0, 0.1) is 23.3 Å². The third-order valence-corrected chi connectivity index (χ3v) is 8.80. The minimum absolute atomic E-state index is 0.172. The lowest BCUT2D eigenvalue weighted by atomic mass is 10.0. The van der Waals surface area contributed by atoms with E-state index < -0.39 is 44.7 Å². The van der Waals surface area contributed by atoms with Gasteiger partial charge in [-0.2, -0.15) is 0 Å². The Morgan fingerprint density at radius 2 is 1.50 bits per heavy atom. The maximum atomic E-state index is 14.8. The second kappa shape index (κ2) is 10.5. The van der Waals surface area contributed by atoms with Crippen molar-refractivity contribution in [1.82, 2.24) is 9.97 Å². The van der Waals surface area contributed by atoms with Gasteiger partial charge in [-0.3, -0.25) is 4.21 Å². The average molecular weight is 590 g/mol. The van der Waals surface area contributed by atoms with Gasteiger partial charge in [0.15, 0.2) is 23.3 Å². The molecule has 1 unspecified atom stereocenters. The monoisotopic (exact) mass is 589 g/mol. The Kier molecular flexibility index (Phi) is 7.03. The molecule has 0 amide bonds. The molecule has 2 aliphatic heterocycles. The molecule has 0 bridgehead atoms. The Morgan fingerprint density at radius 3 is 2.23 bits per heavy atom. The summed E-state index contributed by atoms with van der Waals surface area (Å²) in [5, 5.41) is 2.74. The molecule has 40 heavy (non-hydrogen) atoms. The number of fused-ring (bicyclic) bond motifs is 2. The molecule has 4 aromatic rings. The highest BCUT2D eigenvalue weighted by molar-refractivity contribution is 7.84. The number of halogens is 5. The van der Waals surface area contributed by atoms with Gasteiger partial charge < -0.3 is 14.7 Å². The predicted octanol–water partition coefficient (Wildman–Crippen LogP) is 5.47. The van der Waals surface area contributed by atoms with Crippen LogP contribution in [-0.4, -0.2) is 53.2 Å². The summed E-state index contributed by atoms with van der Waals surface area (Å²) >= 11 is 6.56. The van der Waals surface area contributed by atoms with Crippen LogP contribution in [-0.2, 0) is 23.8 Å². The molecule has 0 spiro atoms. The molecule has 1 fully saturated rings. The van der Waals surface area contributed by atoms with E-state index in [9.17, 15) is 21.8 Å². The standard InChI is InChI=1S/C28H24ClF4N5OS/c1-40(39)27-25(33)23(31)22(30)24(32)26(27)36-10-12-37(13-11-36)28-17-8-9-38(14-19(17)34-15-35-28)20-7-3-5-16-4-2-6-18(29)21(16)20/h2-7,15H,8-14H2,1H3. The second-order valence-corrected chi connectivity index (χ2v) is 11.5. The number of piperazine rings is 1. The van der Waals surface area contributed by atoms with Gasteiger partial charge in [0.25, 0.3) is 0 Å².